The van der Waals surface area contributed by atoms with Gasteiger partial charge in [-0.2, -0.15) is 5.10 Å². The number of nitrogens with one attached hydrogen (secondary N) is 3. The molecule has 1 aromatic heterocycles. The highest BCUT2D eigenvalue weighted by molar-refractivity contribution is 9.11. The number of benzene rings is 4. The maximum absolute atomic E-state index is 12.7. The summed E-state index contributed by atoms with van der Waals surface area (Å²) in [5.41, 5.74) is 7.73. The van der Waals surface area contributed by atoms with Crippen molar-refractivity contribution < 1.29 is 14.3 Å². The van der Waals surface area contributed by atoms with E-state index in [1.165, 1.54) is 17.6 Å². The standard InChI is InChI=1S/C32H23Br2Cl2N5O3S/c1-18-2-9-24(14-27(18)36)38-29(42)16-44-30-25(33)12-19(13-26(30)34)15-37-41-31(43)21-5-3-20(4-6-21)28-17-45-32(40-28)39-23-10-7-22(35)8-11-23/h2-15,17H,16H2,1H3,(H,38,42)(H,39,40)(H,41,43)/b37-15-. The summed E-state index contributed by atoms with van der Waals surface area (Å²) in [6, 6.07) is 23.3. The van der Waals surface area contributed by atoms with Crippen molar-refractivity contribution in [2.45, 2.75) is 6.92 Å². The van der Waals surface area contributed by atoms with Crippen LogP contribution in [0.1, 0.15) is 21.5 Å². The third kappa shape index (κ3) is 8.93. The van der Waals surface area contributed by atoms with Crippen molar-refractivity contribution in [2.24, 2.45) is 5.10 Å². The first kappa shape index (κ1) is 32.6. The Bertz CT molecular complexity index is 1860. The summed E-state index contributed by atoms with van der Waals surface area (Å²) < 4.78 is 6.91. The van der Waals surface area contributed by atoms with Crippen LogP contribution in [0.4, 0.5) is 16.5 Å². The molecule has 13 heteroatoms. The molecule has 0 saturated carbocycles. The number of carbonyl (C=O) groups is 2. The minimum atomic E-state index is -0.361. The Morgan fingerprint density at radius 2 is 1.64 bits per heavy atom. The van der Waals surface area contributed by atoms with Crippen LogP contribution in [0.5, 0.6) is 5.75 Å². The number of rotatable bonds is 10. The van der Waals surface area contributed by atoms with E-state index in [4.69, 9.17) is 27.9 Å². The average molecular weight is 788 g/mol. The summed E-state index contributed by atoms with van der Waals surface area (Å²) in [7, 11) is 0. The highest BCUT2D eigenvalue weighted by Gasteiger charge is 2.13. The van der Waals surface area contributed by atoms with E-state index in [-0.39, 0.29) is 18.4 Å². The summed E-state index contributed by atoms with van der Waals surface area (Å²) >= 11 is 20.5. The molecule has 8 nitrogen and oxygen atoms in total. The molecule has 0 unspecified atom stereocenters. The van der Waals surface area contributed by atoms with Gasteiger partial charge in [-0.05, 0) is 111 Å². The summed E-state index contributed by atoms with van der Waals surface area (Å²) in [5.74, 6) is -0.251. The molecule has 0 aliphatic heterocycles. The van der Waals surface area contributed by atoms with E-state index in [2.05, 4.69) is 58.0 Å². The van der Waals surface area contributed by atoms with E-state index >= 15 is 0 Å². The molecule has 5 aromatic rings. The number of aromatic nitrogens is 1. The lowest BCUT2D eigenvalue weighted by Crippen LogP contribution is -2.20. The number of hydrogen-bond acceptors (Lipinski definition) is 7. The summed E-state index contributed by atoms with van der Waals surface area (Å²) in [4.78, 5) is 29.7. The highest BCUT2D eigenvalue weighted by atomic mass is 79.9. The smallest absolute Gasteiger partial charge is 0.271 e. The Balaban J connectivity index is 1.13. The van der Waals surface area contributed by atoms with Crippen LogP contribution in [0.2, 0.25) is 10.0 Å². The van der Waals surface area contributed by atoms with Crippen molar-refractivity contribution in [3.63, 3.8) is 0 Å². The Hall–Kier alpha value is -3.74. The van der Waals surface area contributed by atoms with Gasteiger partial charge in [0.05, 0.1) is 20.9 Å². The summed E-state index contributed by atoms with van der Waals surface area (Å²) in [6.45, 7) is 1.67. The highest BCUT2D eigenvalue weighted by Crippen LogP contribution is 2.34. The zero-order valence-corrected chi connectivity index (χ0v) is 28.9. The number of aryl methyl sites for hydroxylation is 1. The van der Waals surface area contributed by atoms with Gasteiger partial charge in [0.2, 0.25) is 0 Å². The van der Waals surface area contributed by atoms with Crippen LogP contribution in [0, 0.1) is 6.92 Å². The number of ether oxygens (including phenoxy) is 1. The second-order valence-corrected chi connectivity index (χ2v) is 13.0. The normalized spacial score (nSPS) is 11.0. The molecule has 228 valence electrons. The Kier molecular flexibility index (Phi) is 10.9. The van der Waals surface area contributed by atoms with Gasteiger partial charge in [-0.1, -0.05) is 41.4 Å². The molecule has 45 heavy (non-hydrogen) atoms. The van der Waals surface area contributed by atoms with Crippen LogP contribution in [-0.4, -0.2) is 29.6 Å². The topological polar surface area (TPSA) is 105 Å². The molecule has 0 aliphatic carbocycles. The van der Waals surface area contributed by atoms with E-state index in [0.29, 0.717) is 41.6 Å². The van der Waals surface area contributed by atoms with Gasteiger partial charge < -0.3 is 15.4 Å². The minimum absolute atomic E-state index is 0.213. The van der Waals surface area contributed by atoms with Gasteiger partial charge in [-0.15, -0.1) is 11.3 Å². The zero-order valence-electron chi connectivity index (χ0n) is 23.4. The van der Waals surface area contributed by atoms with Crippen molar-refractivity contribution >= 4 is 101 Å². The number of halogens is 4. The largest absolute Gasteiger partial charge is 0.481 e. The number of thiazole rings is 1. The molecule has 0 fully saturated rings. The van der Waals surface area contributed by atoms with E-state index in [0.717, 1.165) is 27.6 Å². The number of nitrogens with zero attached hydrogens (tertiary/aromatic N) is 2. The van der Waals surface area contributed by atoms with E-state index in [1.54, 1.807) is 36.4 Å². The van der Waals surface area contributed by atoms with Crippen LogP contribution in [-0.2, 0) is 4.79 Å². The van der Waals surface area contributed by atoms with Crippen molar-refractivity contribution in [3.8, 4) is 17.0 Å². The molecule has 0 aliphatic rings. The molecule has 2 amide bonds. The zero-order chi connectivity index (χ0) is 31.9. The number of hydrazone groups is 1. The first-order valence-electron chi connectivity index (χ1n) is 13.2. The predicted molar refractivity (Wildman–Crippen MR) is 190 cm³/mol. The lowest BCUT2D eigenvalue weighted by Gasteiger charge is -2.12. The quantitative estimate of drug-likeness (QED) is 0.0967. The van der Waals surface area contributed by atoms with Crippen LogP contribution in [0.15, 0.2) is 98.3 Å². The number of amides is 2. The van der Waals surface area contributed by atoms with Gasteiger partial charge in [0, 0.05) is 37.9 Å². The lowest BCUT2D eigenvalue weighted by atomic mass is 10.1. The van der Waals surface area contributed by atoms with E-state index < -0.39 is 0 Å². The molecule has 4 aromatic carbocycles. The maximum atomic E-state index is 12.7. The van der Waals surface area contributed by atoms with Crippen LogP contribution < -0.4 is 20.8 Å². The fourth-order valence-electron chi connectivity index (χ4n) is 3.94. The van der Waals surface area contributed by atoms with Gasteiger partial charge in [0.15, 0.2) is 11.7 Å². The van der Waals surface area contributed by atoms with Crippen LogP contribution in [0.25, 0.3) is 11.3 Å². The van der Waals surface area contributed by atoms with Gasteiger partial charge >= 0.3 is 0 Å². The summed E-state index contributed by atoms with van der Waals surface area (Å²) in [5, 5.41) is 14.0. The molecule has 0 bridgehead atoms. The van der Waals surface area contributed by atoms with Crippen molar-refractivity contribution in [1.29, 1.82) is 0 Å². The van der Waals surface area contributed by atoms with E-state index in [1.807, 2.05) is 54.8 Å². The molecule has 0 spiro atoms. The predicted octanol–water partition coefficient (Wildman–Crippen LogP) is 9.48. The molecular weight excluding hydrogens is 765 g/mol. The maximum Gasteiger partial charge on any atom is 0.271 e. The van der Waals surface area contributed by atoms with E-state index in [9.17, 15) is 9.59 Å². The van der Waals surface area contributed by atoms with Crippen molar-refractivity contribution in [2.75, 3.05) is 17.2 Å². The number of carbonyl (C=O) groups excluding carboxylic acids is 2. The minimum Gasteiger partial charge on any atom is -0.481 e. The molecular formula is C32H23Br2Cl2N5O3S. The molecule has 3 N–H and O–H groups in total. The fraction of sp³-hybridized carbons (Fsp3) is 0.0625. The van der Waals surface area contributed by atoms with Crippen LogP contribution in [0.3, 0.4) is 0 Å². The third-order valence-corrected chi connectivity index (χ3v) is 8.84. The second kappa shape index (κ2) is 15.0. The molecule has 0 radical (unpaired) electrons. The van der Waals surface area contributed by atoms with Crippen molar-refractivity contribution in [3.05, 3.63) is 120 Å². The Labute approximate surface area is 290 Å². The number of hydrogen-bond donors (Lipinski definition) is 3. The van der Waals surface area contributed by atoms with Gasteiger partial charge in [-0.3, -0.25) is 9.59 Å². The van der Waals surface area contributed by atoms with Gasteiger partial charge in [0.1, 0.15) is 5.75 Å². The molecule has 1 heterocycles. The monoisotopic (exact) mass is 785 g/mol. The van der Waals surface area contributed by atoms with Gasteiger partial charge in [-0.25, -0.2) is 10.4 Å². The van der Waals surface area contributed by atoms with Gasteiger partial charge in [0.25, 0.3) is 11.8 Å². The first-order valence-corrected chi connectivity index (χ1v) is 16.5. The average Bonchev–Trinajstić information content (AvgIpc) is 3.48. The first-order chi connectivity index (χ1) is 21.6. The Morgan fingerprint density at radius 3 is 2.33 bits per heavy atom. The van der Waals surface area contributed by atoms with Crippen LogP contribution >= 0.6 is 66.4 Å². The number of anilines is 3. The van der Waals surface area contributed by atoms with Crippen molar-refractivity contribution in [1.82, 2.24) is 10.4 Å². The second-order valence-electron chi connectivity index (χ2n) is 9.56. The Morgan fingerprint density at radius 1 is 0.956 bits per heavy atom. The lowest BCUT2D eigenvalue weighted by molar-refractivity contribution is -0.118. The SMILES string of the molecule is Cc1ccc(NC(=O)COc2c(Br)cc(/C=N\NC(=O)c3ccc(-c4csc(Nc5ccc(Cl)cc5)n4)cc3)cc2Br)cc1Cl. The molecule has 0 atom stereocenters. The third-order valence-electron chi connectivity index (χ3n) is 6.25. The fourth-order valence-corrected chi connectivity index (χ4v) is 6.44. The summed E-state index contributed by atoms with van der Waals surface area (Å²) in [6.07, 6.45) is 1.50. The molecule has 0 saturated heterocycles. The molecule has 5 rings (SSSR count).